The molecule has 11 heteroatoms. The second-order valence-electron chi connectivity index (χ2n) is 11.6. The standard InChI is InChI=1S/C31H33F3N4O3S/c32-31(33,34)24-2-1-3-26(21-24)42(40,41)36-28-7-6-22-4-5-23(20-27(22)28)29(39)38-18-12-30(13-19-38)10-16-37(17-11-30)25-8-14-35-15-9-25/h1-5,8-9,14-15,20-21,28,36H,6-7,10-13,16-19H2. The van der Waals surface area contributed by atoms with Crippen LogP contribution in [0.1, 0.15) is 65.2 Å². The minimum absolute atomic E-state index is 0.0757. The van der Waals surface area contributed by atoms with Crippen LogP contribution in [0.2, 0.25) is 0 Å². The van der Waals surface area contributed by atoms with E-state index in [2.05, 4.69) is 14.6 Å². The van der Waals surface area contributed by atoms with Gasteiger partial charge in [-0.2, -0.15) is 13.2 Å². The van der Waals surface area contributed by atoms with E-state index < -0.39 is 32.7 Å². The third-order valence-electron chi connectivity index (χ3n) is 9.20. The zero-order valence-electron chi connectivity index (χ0n) is 23.1. The summed E-state index contributed by atoms with van der Waals surface area (Å²) >= 11 is 0. The third-order valence-corrected chi connectivity index (χ3v) is 10.7. The van der Waals surface area contributed by atoms with E-state index in [1.807, 2.05) is 35.5 Å². The molecule has 1 spiro atoms. The molecule has 3 aromatic rings. The molecule has 222 valence electrons. The molecule has 0 radical (unpaired) electrons. The molecular formula is C31H33F3N4O3S. The van der Waals surface area contributed by atoms with Crippen molar-refractivity contribution in [1.29, 1.82) is 0 Å². The molecule has 1 N–H and O–H groups in total. The lowest BCUT2D eigenvalue weighted by molar-refractivity contribution is -0.137. The number of fused-ring (bicyclic) bond motifs is 1. The quantitative estimate of drug-likeness (QED) is 0.414. The van der Waals surface area contributed by atoms with Gasteiger partial charge in [0.2, 0.25) is 10.0 Å². The molecule has 42 heavy (non-hydrogen) atoms. The second kappa shape index (κ2) is 11.0. The molecule has 3 heterocycles. The van der Waals surface area contributed by atoms with Crippen LogP contribution in [0.4, 0.5) is 18.9 Å². The number of pyridine rings is 1. The summed E-state index contributed by atoms with van der Waals surface area (Å²) in [6.45, 7) is 3.33. The number of likely N-dealkylation sites (tertiary alicyclic amines) is 1. The Morgan fingerprint density at radius 3 is 2.31 bits per heavy atom. The minimum Gasteiger partial charge on any atom is -0.371 e. The fraction of sp³-hybridized carbons (Fsp3) is 0.419. The zero-order valence-corrected chi connectivity index (χ0v) is 23.9. The molecule has 0 bridgehead atoms. The number of rotatable bonds is 5. The van der Waals surface area contributed by atoms with Gasteiger partial charge >= 0.3 is 6.18 Å². The second-order valence-corrected chi connectivity index (χ2v) is 13.4. The summed E-state index contributed by atoms with van der Waals surface area (Å²) in [7, 11) is -4.21. The smallest absolute Gasteiger partial charge is 0.371 e. The summed E-state index contributed by atoms with van der Waals surface area (Å²) in [4.78, 5) is 21.5. The lowest BCUT2D eigenvalue weighted by Gasteiger charge is -2.47. The fourth-order valence-electron chi connectivity index (χ4n) is 6.61. The molecule has 2 saturated heterocycles. The Morgan fingerprint density at radius 1 is 0.929 bits per heavy atom. The van der Waals surface area contributed by atoms with E-state index in [0.717, 1.165) is 62.5 Å². The van der Waals surface area contributed by atoms with Gasteiger partial charge in [0.1, 0.15) is 0 Å². The van der Waals surface area contributed by atoms with E-state index in [1.165, 1.54) is 5.69 Å². The van der Waals surface area contributed by atoms with Crippen molar-refractivity contribution in [1.82, 2.24) is 14.6 Å². The maximum absolute atomic E-state index is 13.5. The lowest BCUT2D eigenvalue weighted by atomic mass is 9.71. The van der Waals surface area contributed by atoms with E-state index in [0.29, 0.717) is 43.1 Å². The van der Waals surface area contributed by atoms with Crippen LogP contribution in [0.5, 0.6) is 0 Å². The average molecular weight is 599 g/mol. The van der Waals surface area contributed by atoms with Crippen LogP contribution in [0.15, 0.2) is 71.9 Å². The topological polar surface area (TPSA) is 82.6 Å². The first-order valence-electron chi connectivity index (χ1n) is 14.3. The van der Waals surface area contributed by atoms with Crippen LogP contribution < -0.4 is 9.62 Å². The molecule has 2 fully saturated rings. The van der Waals surface area contributed by atoms with Gasteiger partial charge in [0.25, 0.3) is 5.91 Å². The molecule has 2 aliphatic heterocycles. The Bertz CT molecular complexity index is 1560. The van der Waals surface area contributed by atoms with E-state index in [4.69, 9.17) is 0 Å². The van der Waals surface area contributed by atoms with Gasteiger partial charge in [0.15, 0.2) is 0 Å². The fourth-order valence-corrected chi connectivity index (χ4v) is 7.91. The molecular weight excluding hydrogens is 565 g/mol. The van der Waals surface area contributed by atoms with Gasteiger partial charge in [0.05, 0.1) is 10.5 Å². The maximum Gasteiger partial charge on any atom is 0.416 e. The van der Waals surface area contributed by atoms with Crippen LogP contribution in [-0.4, -0.2) is 50.4 Å². The van der Waals surface area contributed by atoms with Crippen molar-refractivity contribution >= 4 is 21.6 Å². The number of amides is 1. The number of anilines is 1. The molecule has 0 saturated carbocycles. The number of benzene rings is 2. The molecule has 2 aromatic carbocycles. The Labute approximate surface area is 243 Å². The highest BCUT2D eigenvalue weighted by molar-refractivity contribution is 7.89. The van der Waals surface area contributed by atoms with Crippen molar-refractivity contribution in [2.45, 2.75) is 55.6 Å². The SMILES string of the molecule is O=C(c1ccc2c(c1)C(NS(=O)(=O)c1cccc(C(F)(F)F)c1)CC2)N1CCC2(CC1)CCN(c1ccncc1)CC2. The molecule has 1 aromatic heterocycles. The van der Waals surface area contributed by atoms with Gasteiger partial charge in [-0.15, -0.1) is 0 Å². The largest absolute Gasteiger partial charge is 0.416 e. The summed E-state index contributed by atoms with van der Waals surface area (Å²) in [6, 6.07) is 12.6. The molecule has 1 amide bonds. The Morgan fingerprint density at radius 2 is 1.62 bits per heavy atom. The zero-order chi connectivity index (χ0) is 29.5. The summed E-state index contributed by atoms with van der Waals surface area (Å²) in [5, 5.41) is 0. The predicted octanol–water partition coefficient (Wildman–Crippen LogP) is 5.59. The van der Waals surface area contributed by atoms with E-state index in [1.54, 1.807) is 12.1 Å². The monoisotopic (exact) mass is 598 g/mol. The molecule has 7 nitrogen and oxygen atoms in total. The number of aromatic nitrogens is 1. The highest BCUT2D eigenvalue weighted by Crippen LogP contribution is 2.42. The summed E-state index contributed by atoms with van der Waals surface area (Å²) in [5.41, 5.74) is 2.55. The maximum atomic E-state index is 13.5. The van der Waals surface area contributed by atoms with Crippen LogP contribution in [0.25, 0.3) is 0 Å². The first-order valence-corrected chi connectivity index (χ1v) is 15.8. The lowest BCUT2D eigenvalue weighted by Crippen LogP contribution is -2.48. The minimum atomic E-state index is -4.65. The van der Waals surface area contributed by atoms with Gasteiger partial charge in [-0.1, -0.05) is 12.1 Å². The Balaban J connectivity index is 1.10. The average Bonchev–Trinajstić information content (AvgIpc) is 3.39. The van der Waals surface area contributed by atoms with Crippen molar-refractivity contribution in [2.24, 2.45) is 5.41 Å². The normalized spacial score (nSPS) is 20.5. The Hall–Kier alpha value is -3.44. The number of sulfonamides is 1. The molecule has 1 unspecified atom stereocenters. The van der Waals surface area contributed by atoms with Crippen LogP contribution in [-0.2, 0) is 22.6 Å². The van der Waals surface area contributed by atoms with E-state index in [9.17, 15) is 26.4 Å². The van der Waals surface area contributed by atoms with Gasteiger partial charge in [-0.25, -0.2) is 13.1 Å². The predicted molar refractivity (Wildman–Crippen MR) is 153 cm³/mol. The molecule has 3 aliphatic rings. The van der Waals surface area contributed by atoms with Gasteiger partial charge in [-0.05, 0) is 97.5 Å². The molecule has 1 atom stereocenters. The number of carbonyl (C=O) groups excluding carboxylic acids is 1. The summed E-state index contributed by atoms with van der Waals surface area (Å²) < 4.78 is 68.1. The first kappa shape index (κ1) is 28.7. The highest BCUT2D eigenvalue weighted by atomic mass is 32.2. The van der Waals surface area contributed by atoms with Gasteiger partial charge in [0, 0.05) is 55.9 Å². The number of hydrogen-bond acceptors (Lipinski definition) is 5. The number of halogens is 3. The number of alkyl halides is 3. The van der Waals surface area contributed by atoms with Crippen molar-refractivity contribution in [2.75, 3.05) is 31.1 Å². The number of hydrogen-bond donors (Lipinski definition) is 1. The summed E-state index contributed by atoms with van der Waals surface area (Å²) in [6.07, 6.45) is 4.14. The number of aryl methyl sites for hydroxylation is 1. The third kappa shape index (κ3) is 5.76. The van der Waals surface area contributed by atoms with Crippen LogP contribution in [0.3, 0.4) is 0 Å². The summed E-state index contributed by atoms with van der Waals surface area (Å²) in [5.74, 6) is -0.0757. The van der Waals surface area contributed by atoms with Gasteiger partial charge < -0.3 is 9.80 Å². The van der Waals surface area contributed by atoms with Crippen LogP contribution >= 0.6 is 0 Å². The molecule has 1 aliphatic carbocycles. The van der Waals surface area contributed by atoms with Crippen molar-refractivity contribution in [3.63, 3.8) is 0 Å². The molecule has 6 rings (SSSR count). The van der Waals surface area contributed by atoms with Crippen molar-refractivity contribution < 1.29 is 26.4 Å². The van der Waals surface area contributed by atoms with Gasteiger partial charge in [-0.3, -0.25) is 9.78 Å². The number of carbonyl (C=O) groups is 1. The number of piperidine rings is 2. The van der Waals surface area contributed by atoms with E-state index >= 15 is 0 Å². The number of nitrogens with zero attached hydrogens (tertiary/aromatic N) is 3. The first-order chi connectivity index (χ1) is 20.0. The highest BCUT2D eigenvalue weighted by Gasteiger charge is 2.39. The Kier molecular flexibility index (Phi) is 7.51. The van der Waals surface area contributed by atoms with Crippen LogP contribution in [0, 0.1) is 5.41 Å². The number of nitrogens with one attached hydrogen (secondary N) is 1. The van der Waals surface area contributed by atoms with E-state index in [-0.39, 0.29) is 11.3 Å². The van der Waals surface area contributed by atoms with Crippen molar-refractivity contribution in [3.05, 3.63) is 89.2 Å². The van der Waals surface area contributed by atoms with Crippen molar-refractivity contribution in [3.8, 4) is 0 Å².